The van der Waals surface area contributed by atoms with E-state index in [-0.39, 0.29) is 18.5 Å². The lowest BCUT2D eigenvalue weighted by Gasteiger charge is -2.24. The zero-order valence-corrected chi connectivity index (χ0v) is 14.0. The van der Waals surface area contributed by atoms with Gasteiger partial charge in [-0.3, -0.25) is 9.59 Å². The maximum atomic E-state index is 12.8. The maximum absolute atomic E-state index is 12.8. The van der Waals surface area contributed by atoms with Crippen molar-refractivity contribution >= 4 is 11.9 Å². The Labute approximate surface area is 141 Å². The molecule has 24 heavy (non-hydrogen) atoms. The van der Waals surface area contributed by atoms with Gasteiger partial charge in [0.1, 0.15) is 6.61 Å². The highest BCUT2D eigenvalue weighted by Gasteiger charge is 2.35. The highest BCUT2D eigenvalue weighted by atomic mass is 16.5. The van der Waals surface area contributed by atoms with Crippen LogP contribution in [0.1, 0.15) is 30.1 Å². The van der Waals surface area contributed by atoms with Crippen molar-refractivity contribution in [2.75, 3.05) is 20.3 Å². The predicted molar refractivity (Wildman–Crippen MR) is 89.5 cm³/mol. The highest BCUT2D eigenvalue weighted by Crippen LogP contribution is 2.32. The minimum absolute atomic E-state index is 0.127. The summed E-state index contributed by atoms with van der Waals surface area (Å²) in [6.45, 7) is 5.75. The molecule has 1 aromatic carbocycles. The molecule has 0 spiro atoms. The topological polar surface area (TPSA) is 76.1 Å². The number of ether oxygens (including phenoxy) is 2. The number of carbonyl (C=O) groups is 2. The van der Waals surface area contributed by atoms with E-state index < -0.39 is 11.9 Å². The summed E-state index contributed by atoms with van der Waals surface area (Å²) in [5.74, 6) is -0.694. The van der Waals surface area contributed by atoms with Crippen molar-refractivity contribution in [3.8, 4) is 11.5 Å². The number of hydrogen-bond donors (Lipinski definition) is 1. The van der Waals surface area contributed by atoms with Crippen LogP contribution in [0.25, 0.3) is 0 Å². The summed E-state index contributed by atoms with van der Waals surface area (Å²) in [4.78, 5) is 25.5. The van der Waals surface area contributed by atoms with Crippen LogP contribution in [0.5, 0.6) is 11.5 Å². The van der Waals surface area contributed by atoms with Gasteiger partial charge in [0, 0.05) is 18.2 Å². The summed E-state index contributed by atoms with van der Waals surface area (Å²) < 4.78 is 10.8. The zero-order valence-electron chi connectivity index (χ0n) is 14.0. The fourth-order valence-electron chi connectivity index (χ4n) is 2.39. The molecule has 1 saturated carbocycles. The van der Waals surface area contributed by atoms with E-state index in [1.165, 1.54) is 7.11 Å². The van der Waals surface area contributed by atoms with Gasteiger partial charge in [-0.05, 0) is 31.0 Å². The molecule has 0 aliphatic heterocycles. The lowest BCUT2D eigenvalue weighted by atomic mass is 10.1. The molecule has 6 nitrogen and oxygen atoms in total. The molecule has 6 heteroatoms. The Morgan fingerprint density at radius 3 is 2.67 bits per heavy atom. The van der Waals surface area contributed by atoms with Crippen LogP contribution >= 0.6 is 0 Å². The van der Waals surface area contributed by atoms with Crippen LogP contribution < -0.4 is 9.47 Å². The fraction of sp³-hybridized carbons (Fsp3) is 0.444. The van der Waals surface area contributed by atoms with Gasteiger partial charge in [0.25, 0.3) is 5.91 Å². The van der Waals surface area contributed by atoms with Gasteiger partial charge in [-0.1, -0.05) is 19.6 Å². The molecule has 0 radical (unpaired) electrons. The first-order valence-corrected chi connectivity index (χ1v) is 7.93. The first kappa shape index (κ1) is 17.8. The number of carboxylic acids is 1. The van der Waals surface area contributed by atoms with Crippen molar-refractivity contribution in [2.24, 2.45) is 5.92 Å². The molecule has 1 aliphatic rings. The second kappa shape index (κ2) is 7.86. The Morgan fingerprint density at radius 2 is 2.12 bits per heavy atom. The largest absolute Gasteiger partial charge is 0.493 e. The molecule has 0 aromatic heterocycles. The third-order valence-corrected chi connectivity index (χ3v) is 3.91. The lowest BCUT2D eigenvalue weighted by molar-refractivity contribution is -0.141. The number of amides is 1. The number of carboxylic acid groups (broad SMARTS) is 1. The maximum Gasteiger partial charge on any atom is 0.308 e. The Balaban J connectivity index is 2.19. The molecular formula is C18H23NO5. The van der Waals surface area contributed by atoms with Gasteiger partial charge >= 0.3 is 5.97 Å². The first-order valence-electron chi connectivity index (χ1n) is 7.93. The summed E-state index contributed by atoms with van der Waals surface area (Å²) in [5.41, 5.74) is 0.460. The van der Waals surface area contributed by atoms with Crippen molar-refractivity contribution in [1.29, 1.82) is 0 Å². The number of rotatable bonds is 9. The fourth-order valence-corrected chi connectivity index (χ4v) is 2.39. The van der Waals surface area contributed by atoms with Gasteiger partial charge in [0.2, 0.25) is 0 Å². The Bertz CT molecular complexity index is 624. The monoisotopic (exact) mass is 333 g/mol. The summed E-state index contributed by atoms with van der Waals surface area (Å²) in [6.07, 6.45) is 3.45. The molecule has 0 heterocycles. The first-order chi connectivity index (χ1) is 11.5. The van der Waals surface area contributed by atoms with Gasteiger partial charge in [0.05, 0.1) is 13.0 Å². The van der Waals surface area contributed by atoms with Crippen LogP contribution in [-0.2, 0) is 4.79 Å². The second-order valence-electron chi connectivity index (χ2n) is 5.89. The number of nitrogens with zero attached hydrogens (tertiary/aromatic N) is 1. The standard InChI is InChI=1S/C18H23NO5/c1-4-9-24-15-8-5-13(10-16(15)23-3)17(20)19(14-6-7-14)11-12(2)18(21)22/h4-5,8,10,12,14H,1,6-7,9,11H2,2-3H3,(H,21,22). The molecule has 1 fully saturated rings. The van der Waals surface area contributed by atoms with Crippen LogP contribution in [0.15, 0.2) is 30.9 Å². The van der Waals surface area contributed by atoms with E-state index in [4.69, 9.17) is 14.6 Å². The second-order valence-corrected chi connectivity index (χ2v) is 5.89. The van der Waals surface area contributed by atoms with Crippen LogP contribution in [0.2, 0.25) is 0 Å². The quantitative estimate of drug-likeness (QED) is 0.703. The summed E-state index contributed by atoms with van der Waals surface area (Å²) in [5, 5.41) is 9.10. The summed E-state index contributed by atoms with van der Waals surface area (Å²) in [7, 11) is 1.51. The molecule has 130 valence electrons. The SMILES string of the molecule is C=CCOc1ccc(C(=O)N(CC(C)C(=O)O)C2CC2)cc1OC. The summed E-state index contributed by atoms with van der Waals surface area (Å²) in [6, 6.07) is 5.11. The Kier molecular flexibility index (Phi) is 5.84. The van der Waals surface area contributed by atoms with E-state index in [0.29, 0.717) is 23.7 Å². The number of aliphatic carboxylic acids is 1. The highest BCUT2D eigenvalue weighted by molar-refractivity contribution is 5.95. The van der Waals surface area contributed by atoms with Crippen LogP contribution in [-0.4, -0.2) is 48.2 Å². The van der Waals surface area contributed by atoms with Crippen LogP contribution in [0.4, 0.5) is 0 Å². The molecule has 0 bridgehead atoms. The molecule has 2 rings (SSSR count). The van der Waals surface area contributed by atoms with Gasteiger partial charge in [-0.15, -0.1) is 0 Å². The van der Waals surface area contributed by atoms with Crippen molar-refractivity contribution in [2.45, 2.75) is 25.8 Å². The minimum atomic E-state index is -0.904. The minimum Gasteiger partial charge on any atom is -0.493 e. The molecule has 1 aromatic rings. The molecule has 0 saturated heterocycles. The van der Waals surface area contributed by atoms with Crippen LogP contribution in [0.3, 0.4) is 0 Å². The van der Waals surface area contributed by atoms with Crippen molar-refractivity contribution in [1.82, 2.24) is 4.90 Å². The van der Waals surface area contributed by atoms with E-state index in [1.54, 1.807) is 36.1 Å². The van der Waals surface area contributed by atoms with E-state index in [9.17, 15) is 9.59 Å². The molecule has 1 amide bonds. The molecule has 1 atom stereocenters. The van der Waals surface area contributed by atoms with Crippen molar-refractivity contribution in [3.05, 3.63) is 36.4 Å². The number of hydrogen-bond acceptors (Lipinski definition) is 4. The Hall–Kier alpha value is -2.50. The third kappa shape index (κ3) is 4.28. The van der Waals surface area contributed by atoms with Gasteiger partial charge in [0.15, 0.2) is 11.5 Å². The molecular weight excluding hydrogens is 310 g/mol. The van der Waals surface area contributed by atoms with Crippen molar-refractivity contribution in [3.63, 3.8) is 0 Å². The Morgan fingerprint density at radius 1 is 1.42 bits per heavy atom. The van der Waals surface area contributed by atoms with E-state index in [1.807, 2.05) is 0 Å². The van der Waals surface area contributed by atoms with E-state index >= 15 is 0 Å². The normalized spacial score (nSPS) is 14.6. The lowest BCUT2D eigenvalue weighted by Crippen LogP contribution is -2.38. The molecule has 1 N–H and O–H groups in total. The van der Waals surface area contributed by atoms with E-state index in [2.05, 4.69) is 6.58 Å². The van der Waals surface area contributed by atoms with Gasteiger partial charge < -0.3 is 19.5 Å². The summed E-state index contributed by atoms with van der Waals surface area (Å²) >= 11 is 0. The van der Waals surface area contributed by atoms with Crippen LogP contribution in [0, 0.1) is 5.92 Å². The smallest absolute Gasteiger partial charge is 0.308 e. The van der Waals surface area contributed by atoms with Gasteiger partial charge in [-0.25, -0.2) is 0 Å². The molecule has 1 aliphatic carbocycles. The zero-order chi connectivity index (χ0) is 17.7. The number of methoxy groups -OCH3 is 1. The average Bonchev–Trinajstić information content (AvgIpc) is 3.41. The third-order valence-electron chi connectivity index (χ3n) is 3.91. The molecule has 1 unspecified atom stereocenters. The number of benzene rings is 1. The number of carbonyl (C=O) groups excluding carboxylic acids is 1. The predicted octanol–water partition coefficient (Wildman–Crippen LogP) is 2.59. The van der Waals surface area contributed by atoms with E-state index in [0.717, 1.165) is 12.8 Å². The average molecular weight is 333 g/mol. The van der Waals surface area contributed by atoms with Crippen molar-refractivity contribution < 1.29 is 24.2 Å². The van der Waals surface area contributed by atoms with Gasteiger partial charge in [-0.2, -0.15) is 0 Å².